The number of aromatic nitrogens is 2. The number of methoxy groups -OCH3 is 1. The SMILES string of the molecule is COCCN(CCC(N)=S)C(=O)c1cn[nH]c1C. The molecule has 100 valence electrons. The number of amides is 1. The zero-order valence-electron chi connectivity index (χ0n) is 10.6. The number of carbonyl (C=O) groups is 1. The summed E-state index contributed by atoms with van der Waals surface area (Å²) in [5, 5.41) is 6.59. The summed E-state index contributed by atoms with van der Waals surface area (Å²) in [6, 6.07) is 0. The Morgan fingerprint density at radius 1 is 1.61 bits per heavy atom. The van der Waals surface area contributed by atoms with Crippen molar-refractivity contribution in [3.05, 3.63) is 17.5 Å². The van der Waals surface area contributed by atoms with Gasteiger partial charge in [-0.3, -0.25) is 9.89 Å². The zero-order valence-corrected chi connectivity index (χ0v) is 11.4. The number of rotatable bonds is 7. The molecule has 0 aliphatic carbocycles. The third-order valence-corrected chi connectivity index (χ3v) is 2.75. The fraction of sp³-hybridized carbons (Fsp3) is 0.545. The van der Waals surface area contributed by atoms with Crippen LogP contribution in [0.3, 0.4) is 0 Å². The molecule has 0 bridgehead atoms. The number of nitrogens with one attached hydrogen (secondary N) is 1. The van der Waals surface area contributed by atoms with E-state index in [0.717, 1.165) is 5.69 Å². The lowest BCUT2D eigenvalue weighted by atomic mass is 10.2. The molecule has 0 fully saturated rings. The van der Waals surface area contributed by atoms with Crippen LogP contribution in [0.5, 0.6) is 0 Å². The van der Waals surface area contributed by atoms with E-state index in [4.69, 9.17) is 22.7 Å². The number of nitrogens with zero attached hydrogens (tertiary/aromatic N) is 2. The van der Waals surface area contributed by atoms with E-state index in [2.05, 4.69) is 10.2 Å². The van der Waals surface area contributed by atoms with Crippen molar-refractivity contribution in [1.82, 2.24) is 15.1 Å². The summed E-state index contributed by atoms with van der Waals surface area (Å²) in [5.41, 5.74) is 6.77. The maximum Gasteiger partial charge on any atom is 0.257 e. The summed E-state index contributed by atoms with van der Waals surface area (Å²) in [7, 11) is 1.60. The van der Waals surface area contributed by atoms with Gasteiger partial charge in [0, 0.05) is 32.3 Å². The minimum Gasteiger partial charge on any atom is -0.393 e. The average molecular weight is 270 g/mol. The number of aromatic amines is 1. The number of aryl methyl sites for hydroxylation is 1. The van der Waals surface area contributed by atoms with Gasteiger partial charge < -0.3 is 15.4 Å². The number of ether oxygens (including phenoxy) is 1. The van der Waals surface area contributed by atoms with Crippen molar-refractivity contribution in [3.8, 4) is 0 Å². The Hall–Kier alpha value is -1.47. The van der Waals surface area contributed by atoms with E-state index in [1.165, 1.54) is 6.20 Å². The van der Waals surface area contributed by atoms with Gasteiger partial charge in [0.2, 0.25) is 0 Å². The van der Waals surface area contributed by atoms with Crippen LogP contribution >= 0.6 is 12.2 Å². The smallest absolute Gasteiger partial charge is 0.257 e. The van der Waals surface area contributed by atoms with Crippen LogP contribution in [-0.4, -0.2) is 52.8 Å². The summed E-state index contributed by atoms with van der Waals surface area (Å²) in [5.74, 6) is -0.0884. The summed E-state index contributed by atoms with van der Waals surface area (Å²) >= 11 is 4.83. The molecule has 6 nitrogen and oxygen atoms in total. The van der Waals surface area contributed by atoms with Gasteiger partial charge in [-0.25, -0.2) is 0 Å². The summed E-state index contributed by atoms with van der Waals surface area (Å²) in [4.78, 5) is 14.3. The fourth-order valence-electron chi connectivity index (χ4n) is 1.50. The van der Waals surface area contributed by atoms with E-state index >= 15 is 0 Å². The second-order valence-electron chi connectivity index (χ2n) is 3.91. The van der Waals surface area contributed by atoms with Gasteiger partial charge in [0.05, 0.1) is 23.4 Å². The highest BCUT2D eigenvalue weighted by molar-refractivity contribution is 7.80. The minimum absolute atomic E-state index is 0.0884. The lowest BCUT2D eigenvalue weighted by molar-refractivity contribution is 0.0700. The van der Waals surface area contributed by atoms with Crippen LogP contribution in [0.15, 0.2) is 6.20 Å². The van der Waals surface area contributed by atoms with Gasteiger partial charge in [0.25, 0.3) is 5.91 Å². The van der Waals surface area contributed by atoms with Crippen LogP contribution in [0, 0.1) is 6.92 Å². The van der Waals surface area contributed by atoms with E-state index in [1.807, 2.05) is 6.92 Å². The van der Waals surface area contributed by atoms with Crippen molar-refractivity contribution < 1.29 is 9.53 Å². The van der Waals surface area contributed by atoms with E-state index < -0.39 is 0 Å². The molecule has 1 amide bonds. The van der Waals surface area contributed by atoms with Crippen molar-refractivity contribution in [2.24, 2.45) is 5.73 Å². The van der Waals surface area contributed by atoms with Gasteiger partial charge in [-0.05, 0) is 6.92 Å². The Morgan fingerprint density at radius 2 is 2.33 bits per heavy atom. The number of carbonyl (C=O) groups excluding carboxylic acids is 1. The van der Waals surface area contributed by atoms with Gasteiger partial charge in [0.15, 0.2) is 0 Å². The molecule has 7 heteroatoms. The summed E-state index contributed by atoms with van der Waals surface area (Å²) in [6.45, 7) is 3.27. The van der Waals surface area contributed by atoms with Gasteiger partial charge >= 0.3 is 0 Å². The molecule has 0 unspecified atom stereocenters. The lowest BCUT2D eigenvalue weighted by Crippen LogP contribution is -2.36. The number of nitrogens with two attached hydrogens (primary N) is 1. The van der Waals surface area contributed by atoms with Crippen LogP contribution in [0.2, 0.25) is 0 Å². The standard InChI is InChI=1S/C11H18N4O2S/c1-8-9(7-13-14-8)11(16)15(5-6-17-2)4-3-10(12)18/h7H,3-6H2,1-2H3,(H2,12,18)(H,13,14). The Labute approximate surface area is 111 Å². The lowest BCUT2D eigenvalue weighted by Gasteiger charge is -2.21. The molecule has 1 aromatic heterocycles. The van der Waals surface area contributed by atoms with Crippen LogP contribution < -0.4 is 5.73 Å². The second-order valence-corrected chi connectivity index (χ2v) is 4.43. The first-order valence-electron chi connectivity index (χ1n) is 5.62. The maximum absolute atomic E-state index is 12.3. The van der Waals surface area contributed by atoms with Gasteiger partial charge in [-0.2, -0.15) is 5.10 Å². The highest BCUT2D eigenvalue weighted by Crippen LogP contribution is 2.08. The van der Waals surface area contributed by atoms with Crippen molar-refractivity contribution in [2.45, 2.75) is 13.3 Å². The van der Waals surface area contributed by atoms with Crippen molar-refractivity contribution in [2.75, 3.05) is 26.8 Å². The van der Waals surface area contributed by atoms with Gasteiger partial charge in [-0.1, -0.05) is 12.2 Å². The Balaban J connectivity index is 2.72. The number of thiocarbonyl (C=S) groups is 1. The van der Waals surface area contributed by atoms with Crippen LogP contribution in [0.25, 0.3) is 0 Å². The monoisotopic (exact) mass is 270 g/mol. The molecule has 1 aromatic rings. The molecular formula is C11H18N4O2S. The topological polar surface area (TPSA) is 84.2 Å². The van der Waals surface area contributed by atoms with Crippen LogP contribution in [0.4, 0.5) is 0 Å². The molecule has 0 saturated heterocycles. The molecule has 18 heavy (non-hydrogen) atoms. The number of hydrogen-bond donors (Lipinski definition) is 2. The Morgan fingerprint density at radius 3 is 2.83 bits per heavy atom. The second kappa shape index (κ2) is 7.07. The number of H-pyrrole nitrogens is 1. The molecule has 3 N–H and O–H groups in total. The van der Waals surface area contributed by atoms with Crippen molar-refractivity contribution in [1.29, 1.82) is 0 Å². The molecule has 0 saturated carbocycles. The summed E-state index contributed by atoms with van der Waals surface area (Å²) < 4.78 is 5.00. The highest BCUT2D eigenvalue weighted by Gasteiger charge is 2.18. The molecule has 1 rings (SSSR count). The van der Waals surface area contributed by atoms with Gasteiger partial charge in [0.1, 0.15) is 0 Å². The highest BCUT2D eigenvalue weighted by atomic mass is 32.1. The van der Waals surface area contributed by atoms with E-state index in [1.54, 1.807) is 12.0 Å². The average Bonchev–Trinajstić information content (AvgIpc) is 2.74. The third-order valence-electron chi connectivity index (χ3n) is 2.54. The molecule has 0 aromatic carbocycles. The molecule has 0 aliphatic heterocycles. The fourth-order valence-corrected chi connectivity index (χ4v) is 1.59. The first-order chi connectivity index (χ1) is 8.56. The largest absolute Gasteiger partial charge is 0.393 e. The van der Waals surface area contributed by atoms with E-state index in [-0.39, 0.29) is 5.91 Å². The van der Waals surface area contributed by atoms with Gasteiger partial charge in [-0.15, -0.1) is 0 Å². The molecule has 0 atom stereocenters. The van der Waals surface area contributed by atoms with Crippen LogP contribution in [0.1, 0.15) is 22.5 Å². The van der Waals surface area contributed by atoms with Crippen LogP contribution in [-0.2, 0) is 4.74 Å². The third kappa shape index (κ3) is 4.08. The molecule has 0 aliphatic rings. The normalized spacial score (nSPS) is 10.3. The van der Waals surface area contributed by atoms with Crippen molar-refractivity contribution in [3.63, 3.8) is 0 Å². The van der Waals surface area contributed by atoms with Crippen molar-refractivity contribution >= 4 is 23.1 Å². The Kier molecular flexibility index (Phi) is 5.73. The zero-order chi connectivity index (χ0) is 13.5. The molecular weight excluding hydrogens is 252 g/mol. The van der Waals surface area contributed by atoms with E-state index in [9.17, 15) is 4.79 Å². The minimum atomic E-state index is -0.0884. The maximum atomic E-state index is 12.3. The first kappa shape index (κ1) is 14.6. The predicted octanol–water partition coefficient (Wildman–Crippen LogP) is 0.483. The summed E-state index contributed by atoms with van der Waals surface area (Å²) in [6.07, 6.45) is 2.03. The molecule has 0 spiro atoms. The quantitative estimate of drug-likeness (QED) is 0.704. The number of hydrogen-bond acceptors (Lipinski definition) is 4. The molecule has 0 radical (unpaired) electrons. The Bertz CT molecular complexity index is 419. The molecule has 1 heterocycles. The predicted molar refractivity (Wildman–Crippen MR) is 72.5 cm³/mol. The van der Waals surface area contributed by atoms with E-state index in [0.29, 0.717) is 36.7 Å². The first-order valence-corrected chi connectivity index (χ1v) is 6.03.